The first-order valence-electron chi connectivity index (χ1n) is 10.9. The van der Waals surface area contributed by atoms with Gasteiger partial charge in [-0.15, -0.1) is 6.42 Å². The fourth-order valence-electron chi connectivity index (χ4n) is 6.02. The first-order chi connectivity index (χ1) is 13.5. The molecule has 0 spiro atoms. The van der Waals surface area contributed by atoms with Crippen LogP contribution >= 0.6 is 0 Å². The molecule has 0 N–H and O–H groups in total. The molecule has 1 aliphatic carbocycles. The van der Waals surface area contributed by atoms with Gasteiger partial charge in [-0.25, -0.2) is 4.79 Å². The maximum atomic E-state index is 12.7. The number of terminal acetylenes is 1. The summed E-state index contributed by atoms with van der Waals surface area (Å²) in [5.74, 6) is 3.35. The van der Waals surface area contributed by atoms with Crippen molar-refractivity contribution in [2.75, 3.05) is 32.8 Å². The van der Waals surface area contributed by atoms with Crippen LogP contribution in [0.15, 0.2) is 0 Å². The number of rotatable bonds is 3. The Balaban J connectivity index is 1.32. The van der Waals surface area contributed by atoms with Crippen molar-refractivity contribution in [1.82, 2.24) is 14.7 Å². The van der Waals surface area contributed by atoms with E-state index in [2.05, 4.69) is 22.6 Å². The van der Waals surface area contributed by atoms with Gasteiger partial charge in [-0.05, 0) is 44.9 Å². The topological polar surface area (TPSA) is 53.1 Å². The van der Waals surface area contributed by atoms with Gasteiger partial charge in [0, 0.05) is 50.2 Å². The highest BCUT2D eigenvalue weighted by Crippen LogP contribution is 2.40. The second kappa shape index (κ2) is 7.94. The van der Waals surface area contributed by atoms with Gasteiger partial charge in [-0.3, -0.25) is 9.69 Å². The molecule has 1 saturated carbocycles. The van der Waals surface area contributed by atoms with Gasteiger partial charge in [0.2, 0.25) is 5.91 Å². The molecule has 0 radical (unpaired) electrons. The van der Waals surface area contributed by atoms with Crippen molar-refractivity contribution < 1.29 is 14.3 Å². The van der Waals surface area contributed by atoms with Crippen molar-refractivity contribution in [1.29, 1.82) is 0 Å². The minimum absolute atomic E-state index is 0.0114. The lowest BCUT2D eigenvalue weighted by Gasteiger charge is -2.46. The molecule has 3 heterocycles. The van der Waals surface area contributed by atoms with Crippen LogP contribution in [0.5, 0.6) is 0 Å². The number of hydrogen-bond donors (Lipinski definition) is 0. The summed E-state index contributed by atoms with van der Waals surface area (Å²) in [6, 6.07) is 0.903. The minimum Gasteiger partial charge on any atom is -0.436 e. The second-order valence-corrected chi connectivity index (χ2v) is 9.26. The molecule has 3 atom stereocenters. The molecule has 0 bridgehead atoms. The predicted molar refractivity (Wildman–Crippen MR) is 107 cm³/mol. The molecule has 0 aromatic rings. The van der Waals surface area contributed by atoms with Gasteiger partial charge in [-0.2, -0.15) is 0 Å². The molecule has 6 nitrogen and oxygen atoms in total. The van der Waals surface area contributed by atoms with Gasteiger partial charge in [-0.1, -0.05) is 18.8 Å². The highest BCUT2D eigenvalue weighted by molar-refractivity contribution is 5.79. The van der Waals surface area contributed by atoms with Gasteiger partial charge in [0.15, 0.2) is 6.61 Å². The highest BCUT2D eigenvalue weighted by Gasteiger charge is 2.47. The number of likely N-dealkylation sites (tertiary alicyclic amines) is 3. The van der Waals surface area contributed by atoms with E-state index in [1.165, 1.54) is 25.7 Å². The number of piperidine rings is 1. The molecule has 3 saturated heterocycles. The Bertz CT molecular complexity index is 652. The van der Waals surface area contributed by atoms with E-state index in [9.17, 15) is 9.59 Å². The standard InChI is InChI=1S/C22H33N3O3/c1-3-14-28-21(27)23-13-10-22(2,16-23)24-11-8-18(9-12-24)25-19-7-5-4-6-17(19)15-20(25)26/h1,17-19H,4-16H2,2H3/t17-,19+,22?/m1/s1. The van der Waals surface area contributed by atoms with Gasteiger partial charge in [0.25, 0.3) is 0 Å². The summed E-state index contributed by atoms with van der Waals surface area (Å²) in [4.78, 5) is 31.4. The normalized spacial score (nSPS) is 34.4. The molecule has 4 fully saturated rings. The van der Waals surface area contributed by atoms with Gasteiger partial charge in [0.05, 0.1) is 0 Å². The maximum Gasteiger partial charge on any atom is 0.410 e. The average molecular weight is 388 g/mol. The summed E-state index contributed by atoms with van der Waals surface area (Å²) >= 11 is 0. The average Bonchev–Trinajstić information content (AvgIpc) is 3.26. The van der Waals surface area contributed by atoms with E-state index in [4.69, 9.17) is 11.2 Å². The summed E-state index contributed by atoms with van der Waals surface area (Å²) in [6.07, 6.45) is 13.7. The van der Waals surface area contributed by atoms with Crippen molar-refractivity contribution >= 4 is 12.0 Å². The molecule has 6 heteroatoms. The van der Waals surface area contributed by atoms with Gasteiger partial charge >= 0.3 is 6.09 Å². The van der Waals surface area contributed by atoms with Crippen molar-refractivity contribution in [3.63, 3.8) is 0 Å². The molecule has 0 aromatic heterocycles. The summed E-state index contributed by atoms with van der Waals surface area (Å²) < 4.78 is 5.09. The molecule has 3 aliphatic heterocycles. The van der Waals surface area contributed by atoms with Crippen molar-refractivity contribution in [3.05, 3.63) is 0 Å². The van der Waals surface area contributed by atoms with E-state index < -0.39 is 0 Å². The minimum atomic E-state index is -0.303. The quantitative estimate of drug-likeness (QED) is 0.698. The number of carbonyl (C=O) groups is 2. The first kappa shape index (κ1) is 19.6. The Morgan fingerprint density at radius 2 is 1.96 bits per heavy atom. The summed E-state index contributed by atoms with van der Waals surface area (Å²) in [5.41, 5.74) is -0.0114. The monoisotopic (exact) mass is 387 g/mol. The van der Waals surface area contributed by atoms with Crippen LogP contribution in [-0.2, 0) is 9.53 Å². The Kier molecular flexibility index (Phi) is 5.55. The van der Waals surface area contributed by atoms with E-state index in [-0.39, 0.29) is 18.2 Å². The van der Waals surface area contributed by atoms with E-state index in [0.717, 1.165) is 38.8 Å². The van der Waals surface area contributed by atoms with Crippen LogP contribution in [0.1, 0.15) is 58.3 Å². The number of fused-ring (bicyclic) bond motifs is 1. The number of hydrogen-bond acceptors (Lipinski definition) is 4. The smallest absolute Gasteiger partial charge is 0.410 e. The van der Waals surface area contributed by atoms with Crippen LogP contribution in [0, 0.1) is 18.3 Å². The van der Waals surface area contributed by atoms with Crippen molar-refractivity contribution in [2.24, 2.45) is 5.92 Å². The molecule has 4 rings (SSSR count). The molecular formula is C22H33N3O3. The molecule has 2 amide bonds. The number of amides is 2. The molecule has 154 valence electrons. The zero-order valence-corrected chi connectivity index (χ0v) is 17.1. The van der Waals surface area contributed by atoms with Crippen LogP contribution < -0.4 is 0 Å². The Morgan fingerprint density at radius 3 is 2.71 bits per heavy atom. The first-order valence-corrected chi connectivity index (χ1v) is 10.9. The maximum absolute atomic E-state index is 12.7. The van der Waals surface area contributed by atoms with Gasteiger partial charge < -0.3 is 14.5 Å². The lowest BCUT2D eigenvalue weighted by Crippen LogP contribution is -2.56. The lowest BCUT2D eigenvalue weighted by atomic mass is 9.84. The Labute approximate surface area is 168 Å². The second-order valence-electron chi connectivity index (χ2n) is 9.26. The van der Waals surface area contributed by atoms with Crippen LogP contribution in [0.4, 0.5) is 4.79 Å². The molecule has 0 aromatic carbocycles. The SMILES string of the molecule is C#CCOC(=O)N1CCC(C)(N2CCC(N3C(=O)C[C@H]4CCCC[C@@H]43)CC2)C1. The van der Waals surface area contributed by atoms with Gasteiger partial charge in [0.1, 0.15) is 0 Å². The summed E-state index contributed by atoms with van der Waals surface area (Å²) in [6.45, 7) is 5.68. The Morgan fingerprint density at radius 1 is 1.21 bits per heavy atom. The number of nitrogens with zero attached hydrogens (tertiary/aromatic N) is 3. The van der Waals surface area contributed by atoms with Crippen LogP contribution in [0.25, 0.3) is 0 Å². The van der Waals surface area contributed by atoms with E-state index in [1.807, 2.05) is 0 Å². The molecule has 1 unspecified atom stereocenters. The predicted octanol–water partition coefficient (Wildman–Crippen LogP) is 2.48. The number of ether oxygens (including phenoxy) is 1. The number of carbonyl (C=O) groups excluding carboxylic acids is 2. The van der Waals surface area contributed by atoms with Crippen molar-refractivity contribution in [2.45, 2.75) is 75.9 Å². The summed E-state index contributed by atoms with van der Waals surface area (Å²) in [7, 11) is 0. The third-order valence-electron chi connectivity index (χ3n) is 7.56. The fraction of sp³-hybridized carbons (Fsp3) is 0.818. The largest absolute Gasteiger partial charge is 0.436 e. The molecule has 4 aliphatic rings. The van der Waals surface area contributed by atoms with Crippen LogP contribution in [0.3, 0.4) is 0 Å². The fourth-order valence-corrected chi connectivity index (χ4v) is 6.02. The zero-order valence-electron chi connectivity index (χ0n) is 17.1. The zero-order chi connectivity index (χ0) is 19.7. The van der Waals surface area contributed by atoms with E-state index in [0.29, 0.717) is 37.0 Å². The molecular weight excluding hydrogens is 354 g/mol. The third-order valence-corrected chi connectivity index (χ3v) is 7.56. The third kappa shape index (κ3) is 3.61. The van der Waals surface area contributed by atoms with Crippen LogP contribution in [-0.4, -0.2) is 77.1 Å². The van der Waals surface area contributed by atoms with Crippen molar-refractivity contribution in [3.8, 4) is 12.3 Å². The van der Waals surface area contributed by atoms with E-state index in [1.54, 1.807) is 4.90 Å². The Hall–Kier alpha value is -1.74. The molecule has 28 heavy (non-hydrogen) atoms. The van der Waals surface area contributed by atoms with Crippen LogP contribution in [0.2, 0.25) is 0 Å². The van der Waals surface area contributed by atoms with E-state index >= 15 is 0 Å². The highest BCUT2D eigenvalue weighted by atomic mass is 16.6. The summed E-state index contributed by atoms with van der Waals surface area (Å²) in [5, 5.41) is 0. The lowest BCUT2D eigenvalue weighted by molar-refractivity contribution is -0.132.